The zero-order chi connectivity index (χ0) is 23.8. The van der Waals surface area contributed by atoms with Crippen LogP contribution in [0.4, 0.5) is 0 Å². The first-order chi connectivity index (χ1) is 15.3. The van der Waals surface area contributed by atoms with Gasteiger partial charge in [-0.15, -0.1) is 0 Å². The SMILES string of the molecule is C=C1[C@H](O)[C@H](O)C[C@]2(C)[C@H]3C[C@@H]4C[C@]45C(=CC[C@@]4(C(=O)O)CCC(C)(C)C[C@H]45)[C@]3(C)CC[C@@H]12. The molecule has 5 fully saturated rings. The Morgan fingerprint density at radius 3 is 2.45 bits per heavy atom. The highest BCUT2D eigenvalue weighted by molar-refractivity contribution is 5.77. The van der Waals surface area contributed by atoms with E-state index in [0.717, 1.165) is 50.5 Å². The van der Waals surface area contributed by atoms with Gasteiger partial charge in [0.05, 0.1) is 11.5 Å². The van der Waals surface area contributed by atoms with Crippen molar-refractivity contribution in [2.45, 2.75) is 97.7 Å². The lowest BCUT2D eigenvalue weighted by atomic mass is 9.38. The fourth-order valence-corrected chi connectivity index (χ4v) is 10.6. The number of allylic oxidation sites excluding steroid dienone is 2. The van der Waals surface area contributed by atoms with Crippen LogP contribution in [0.1, 0.15) is 85.5 Å². The van der Waals surface area contributed by atoms with Gasteiger partial charge in [0.15, 0.2) is 0 Å². The molecule has 0 saturated heterocycles. The summed E-state index contributed by atoms with van der Waals surface area (Å²) in [6.45, 7) is 13.7. The number of aliphatic carboxylic acids is 1. The van der Waals surface area contributed by atoms with Crippen molar-refractivity contribution in [2.75, 3.05) is 0 Å². The number of carboxylic acid groups (broad SMARTS) is 1. The molecule has 4 heteroatoms. The summed E-state index contributed by atoms with van der Waals surface area (Å²) >= 11 is 0. The molecule has 3 N–H and O–H groups in total. The number of aliphatic hydroxyl groups excluding tert-OH is 2. The highest BCUT2D eigenvalue weighted by Crippen LogP contribution is 2.83. The molecule has 6 aliphatic rings. The number of hydrogen-bond donors (Lipinski definition) is 3. The lowest BCUT2D eigenvalue weighted by molar-refractivity contribution is -0.166. The monoisotopic (exact) mass is 454 g/mol. The van der Waals surface area contributed by atoms with E-state index in [-0.39, 0.29) is 33.5 Å². The van der Waals surface area contributed by atoms with Crippen LogP contribution in [0.5, 0.6) is 0 Å². The zero-order valence-electron chi connectivity index (χ0n) is 20.9. The fourth-order valence-electron chi connectivity index (χ4n) is 10.6. The summed E-state index contributed by atoms with van der Waals surface area (Å²) in [5, 5.41) is 31.8. The molecule has 10 atom stereocenters. The number of carboxylic acids is 1. The second kappa shape index (κ2) is 6.35. The second-order valence-electron chi connectivity index (χ2n) is 14.2. The number of hydrogen-bond acceptors (Lipinski definition) is 3. The smallest absolute Gasteiger partial charge is 0.310 e. The Bertz CT molecular complexity index is 965. The van der Waals surface area contributed by atoms with E-state index in [1.807, 2.05) is 0 Å². The summed E-state index contributed by atoms with van der Waals surface area (Å²) in [4.78, 5) is 12.8. The maximum absolute atomic E-state index is 12.8. The summed E-state index contributed by atoms with van der Waals surface area (Å²) in [5.74, 6) is 0.947. The van der Waals surface area contributed by atoms with Crippen molar-refractivity contribution in [1.29, 1.82) is 0 Å². The van der Waals surface area contributed by atoms with Crippen LogP contribution >= 0.6 is 0 Å². The highest BCUT2D eigenvalue weighted by Gasteiger charge is 2.76. The predicted molar refractivity (Wildman–Crippen MR) is 127 cm³/mol. The Hall–Kier alpha value is -1.13. The minimum Gasteiger partial charge on any atom is -0.481 e. The minimum atomic E-state index is -0.800. The molecular formula is C29H42O4. The van der Waals surface area contributed by atoms with Gasteiger partial charge < -0.3 is 15.3 Å². The number of carbonyl (C=O) groups is 1. The molecule has 33 heavy (non-hydrogen) atoms. The van der Waals surface area contributed by atoms with E-state index in [9.17, 15) is 20.1 Å². The van der Waals surface area contributed by atoms with Crippen LogP contribution in [0.25, 0.3) is 0 Å². The summed E-state index contributed by atoms with van der Waals surface area (Å²) in [7, 11) is 0. The maximum atomic E-state index is 12.8. The quantitative estimate of drug-likeness (QED) is 0.467. The van der Waals surface area contributed by atoms with Crippen LogP contribution in [-0.4, -0.2) is 33.5 Å². The number of rotatable bonds is 1. The summed E-state index contributed by atoms with van der Waals surface area (Å²) < 4.78 is 0. The van der Waals surface area contributed by atoms with Gasteiger partial charge in [-0.25, -0.2) is 0 Å². The third kappa shape index (κ3) is 2.53. The first-order valence-corrected chi connectivity index (χ1v) is 13.3. The van der Waals surface area contributed by atoms with E-state index < -0.39 is 23.6 Å². The van der Waals surface area contributed by atoms with E-state index in [0.29, 0.717) is 24.7 Å². The molecule has 0 radical (unpaired) electrons. The first-order valence-electron chi connectivity index (χ1n) is 13.3. The maximum Gasteiger partial charge on any atom is 0.310 e. The van der Waals surface area contributed by atoms with Crippen molar-refractivity contribution < 1.29 is 20.1 Å². The minimum absolute atomic E-state index is 0.0484. The van der Waals surface area contributed by atoms with Crippen molar-refractivity contribution in [3.05, 3.63) is 23.8 Å². The molecule has 6 aliphatic carbocycles. The van der Waals surface area contributed by atoms with Gasteiger partial charge in [0.25, 0.3) is 0 Å². The van der Waals surface area contributed by atoms with Gasteiger partial charge >= 0.3 is 5.97 Å². The van der Waals surface area contributed by atoms with E-state index >= 15 is 0 Å². The Balaban J connectivity index is 1.45. The summed E-state index contributed by atoms with van der Waals surface area (Å²) in [6, 6.07) is 0. The first kappa shape index (κ1) is 22.3. The molecule has 0 aromatic rings. The molecule has 0 aliphatic heterocycles. The molecule has 5 saturated carbocycles. The molecule has 0 unspecified atom stereocenters. The predicted octanol–water partition coefficient (Wildman–Crippen LogP) is 5.34. The van der Waals surface area contributed by atoms with Crippen LogP contribution in [0.3, 0.4) is 0 Å². The Kier molecular flexibility index (Phi) is 4.30. The molecule has 0 aromatic heterocycles. The third-order valence-corrected chi connectivity index (χ3v) is 12.3. The zero-order valence-corrected chi connectivity index (χ0v) is 20.9. The Morgan fingerprint density at radius 2 is 1.76 bits per heavy atom. The van der Waals surface area contributed by atoms with Gasteiger partial charge in [-0.3, -0.25) is 4.79 Å². The van der Waals surface area contributed by atoms with Gasteiger partial charge in [0, 0.05) is 0 Å². The topological polar surface area (TPSA) is 77.8 Å². The van der Waals surface area contributed by atoms with E-state index in [1.54, 1.807) is 5.57 Å². The van der Waals surface area contributed by atoms with E-state index in [4.69, 9.17) is 0 Å². The largest absolute Gasteiger partial charge is 0.481 e. The summed E-state index contributed by atoms with van der Waals surface area (Å²) in [6.07, 6.45) is 9.39. The van der Waals surface area contributed by atoms with Crippen LogP contribution < -0.4 is 0 Å². The van der Waals surface area contributed by atoms with Gasteiger partial charge in [-0.05, 0) is 109 Å². The van der Waals surface area contributed by atoms with Gasteiger partial charge in [-0.1, -0.05) is 45.9 Å². The summed E-state index contributed by atoms with van der Waals surface area (Å²) in [5.41, 5.74) is 2.10. The molecule has 4 nitrogen and oxygen atoms in total. The molecule has 182 valence electrons. The third-order valence-electron chi connectivity index (χ3n) is 12.3. The average molecular weight is 455 g/mol. The highest BCUT2D eigenvalue weighted by atomic mass is 16.4. The van der Waals surface area contributed by atoms with Gasteiger partial charge in [-0.2, -0.15) is 0 Å². The molecule has 0 bridgehead atoms. The van der Waals surface area contributed by atoms with E-state index in [1.165, 1.54) is 0 Å². The molecule has 0 aromatic carbocycles. The molecule has 0 heterocycles. The molecule has 6 rings (SSSR count). The van der Waals surface area contributed by atoms with Crippen LogP contribution in [0.15, 0.2) is 23.8 Å². The van der Waals surface area contributed by atoms with Crippen molar-refractivity contribution in [3.63, 3.8) is 0 Å². The van der Waals surface area contributed by atoms with Crippen LogP contribution in [0, 0.1) is 50.7 Å². The Morgan fingerprint density at radius 1 is 1.03 bits per heavy atom. The Labute approximate surface area is 198 Å². The van der Waals surface area contributed by atoms with Crippen LogP contribution in [0.2, 0.25) is 0 Å². The van der Waals surface area contributed by atoms with Crippen LogP contribution in [-0.2, 0) is 4.79 Å². The van der Waals surface area contributed by atoms with Crippen molar-refractivity contribution >= 4 is 5.97 Å². The van der Waals surface area contributed by atoms with E-state index in [2.05, 4.69) is 40.3 Å². The molecule has 1 spiro atoms. The lowest BCUT2D eigenvalue weighted by Gasteiger charge is -2.66. The molecular weight excluding hydrogens is 412 g/mol. The fraction of sp³-hybridized carbons (Fsp3) is 0.828. The normalized spacial score (nSPS) is 56.3. The van der Waals surface area contributed by atoms with Gasteiger partial charge in [0.2, 0.25) is 0 Å². The second-order valence-corrected chi connectivity index (χ2v) is 14.2. The number of aliphatic hydroxyl groups is 2. The number of fused-ring (bicyclic) bond motifs is 5. The average Bonchev–Trinajstić information content (AvgIpc) is 3.44. The standard InChI is InChI=1S/C29H42O4/c1-16-18-6-8-26(4)20-7-9-28(24(32)33)11-10-25(2,3)15-22(28)29(20)13-17(29)12-21(26)27(18,5)14-19(30)23(16)31/h7,17-19,21-23,30-31H,1,6,8-15H2,2-5H3,(H,32,33)/t17-,18+,19-,21+,22-,23+,26+,27+,28-,29-/m1/s1. The lowest BCUT2D eigenvalue weighted by Crippen LogP contribution is -2.61. The van der Waals surface area contributed by atoms with Crippen molar-refractivity contribution in [2.24, 2.45) is 50.7 Å². The molecule has 0 amide bonds. The van der Waals surface area contributed by atoms with Crippen molar-refractivity contribution in [3.8, 4) is 0 Å². The van der Waals surface area contributed by atoms with Gasteiger partial charge in [0.1, 0.15) is 6.10 Å². The van der Waals surface area contributed by atoms with Crippen molar-refractivity contribution in [1.82, 2.24) is 0 Å².